The molecule has 0 bridgehead atoms. The Kier molecular flexibility index (Phi) is 7.54. The first-order valence-electron chi connectivity index (χ1n) is 5.94. The van der Waals surface area contributed by atoms with Crippen LogP contribution in [0.2, 0.25) is 0 Å². The van der Waals surface area contributed by atoms with Crippen molar-refractivity contribution in [2.45, 2.75) is 27.7 Å². The zero-order valence-corrected chi connectivity index (χ0v) is 11.0. The molecule has 2 N–H and O–H groups in total. The Bertz CT molecular complexity index is 253. The van der Waals surface area contributed by atoms with Crippen molar-refractivity contribution in [3.63, 3.8) is 0 Å². The van der Waals surface area contributed by atoms with Crippen LogP contribution in [0.4, 0.5) is 0 Å². The van der Waals surface area contributed by atoms with Crippen LogP contribution < -0.4 is 5.32 Å². The SMILES string of the molecule is CC(C)COCCNC(=O)C(C)C(C)C(=O)O. The van der Waals surface area contributed by atoms with Gasteiger partial charge in [0, 0.05) is 19.1 Å². The van der Waals surface area contributed by atoms with Gasteiger partial charge in [-0.3, -0.25) is 9.59 Å². The Morgan fingerprint density at radius 2 is 1.76 bits per heavy atom. The summed E-state index contributed by atoms with van der Waals surface area (Å²) in [6, 6.07) is 0. The van der Waals surface area contributed by atoms with Crippen LogP contribution in [0.1, 0.15) is 27.7 Å². The Hall–Kier alpha value is -1.10. The third-order valence-electron chi connectivity index (χ3n) is 2.55. The quantitative estimate of drug-likeness (QED) is 0.629. The molecule has 0 aliphatic heterocycles. The fourth-order valence-electron chi connectivity index (χ4n) is 1.17. The van der Waals surface area contributed by atoms with Crippen molar-refractivity contribution >= 4 is 11.9 Å². The molecule has 17 heavy (non-hydrogen) atoms. The summed E-state index contributed by atoms with van der Waals surface area (Å²) in [5.74, 6) is -1.93. The number of rotatable bonds is 8. The number of carbonyl (C=O) groups excluding carboxylic acids is 1. The molecule has 0 aromatic heterocycles. The maximum Gasteiger partial charge on any atom is 0.307 e. The van der Waals surface area contributed by atoms with Gasteiger partial charge >= 0.3 is 5.97 Å². The summed E-state index contributed by atoms with van der Waals surface area (Å²) in [4.78, 5) is 22.2. The summed E-state index contributed by atoms with van der Waals surface area (Å²) < 4.78 is 5.30. The first-order valence-corrected chi connectivity index (χ1v) is 5.94. The molecule has 0 saturated heterocycles. The van der Waals surface area contributed by atoms with Gasteiger partial charge in [-0.1, -0.05) is 27.7 Å². The molecule has 0 spiro atoms. The second-order valence-corrected chi connectivity index (χ2v) is 4.68. The third-order valence-corrected chi connectivity index (χ3v) is 2.55. The summed E-state index contributed by atoms with van der Waals surface area (Å²) in [7, 11) is 0. The molecule has 0 saturated carbocycles. The van der Waals surface area contributed by atoms with Crippen LogP contribution in [0.3, 0.4) is 0 Å². The molecule has 0 aliphatic carbocycles. The highest BCUT2D eigenvalue weighted by Gasteiger charge is 2.25. The highest BCUT2D eigenvalue weighted by atomic mass is 16.5. The van der Waals surface area contributed by atoms with Crippen LogP contribution in [0.15, 0.2) is 0 Å². The molecule has 0 aromatic carbocycles. The molecule has 5 nitrogen and oxygen atoms in total. The van der Waals surface area contributed by atoms with Gasteiger partial charge in [0.25, 0.3) is 0 Å². The van der Waals surface area contributed by atoms with Gasteiger partial charge in [0.2, 0.25) is 5.91 Å². The number of hydrogen-bond donors (Lipinski definition) is 2. The molecule has 0 heterocycles. The normalized spacial score (nSPS) is 14.4. The number of hydrogen-bond acceptors (Lipinski definition) is 3. The smallest absolute Gasteiger partial charge is 0.307 e. The summed E-state index contributed by atoms with van der Waals surface area (Å²) in [5.41, 5.74) is 0. The van der Waals surface area contributed by atoms with Gasteiger partial charge in [0.1, 0.15) is 0 Å². The first kappa shape index (κ1) is 15.9. The highest BCUT2D eigenvalue weighted by Crippen LogP contribution is 2.10. The van der Waals surface area contributed by atoms with Gasteiger partial charge < -0.3 is 15.2 Å². The Morgan fingerprint density at radius 1 is 1.18 bits per heavy atom. The van der Waals surface area contributed by atoms with Gasteiger partial charge in [-0.15, -0.1) is 0 Å². The van der Waals surface area contributed by atoms with Crippen LogP contribution in [-0.2, 0) is 14.3 Å². The van der Waals surface area contributed by atoms with E-state index < -0.39 is 17.8 Å². The topological polar surface area (TPSA) is 75.6 Å². The van der Waals surface area contributed by atoms with Crippen molar-refractivity contribution in [2.75, 3.05) is 19.8 Å². The lowest BCUT2D eigenvalue weighted by Gasteiger charge is -2.15. The fourth-order valence-corrected chi connectivity index (χ4v) is 1.17. The molecule has 1 amide bonds. The Labute approximate surface area is 103 Å². The van der Waals surface area contributed by atoms with Crippen molar-refractivity contribution in [3.8, 4) is 0 Å². The van der Waals surface area contributed by atoms with Crippen LogP contribution in [-0.4, -0.2) is 36.7 Å². The fraction of sp³-hybridized carbons (Fsp3) is 0.833. The van der Waals surface area contributed by atoms with Crippen molar-refractivity contribution in [1.29, 1.82) is 0 Å². The zero-order valence-electron chi connectivity index (χ0n) is 11.0. The molecule has 0 fully saturated rings. The number of ether oxygens (including phenoxy) is 1. The van der Waals surface area contributed by atoms with Gasteiger partial charge in [-0.2, -0.15) is 0 Å². The van der Waals surface area contributed by atoms with E-state index in [4.69, 9.17) is 9.84 Å². The molecule has 5 heteroatoms. The minimum Gasteiger partial charge on any atom is -0.481 e. The van der Waals surface area contributed by atoms with Crippen molar-refractivity contribution < 1.29 is 19.4 Å². The predicted octanol–water partition coefficient (Wildman–Crippen LogP) is 1.13. The van der Waals surface area contributed by atoms with Crippen LogP contribution >= 0.6 is 0 Å². The lowest BCUT2D eigenvalue weighted by atomic mass is 9.95. The van der Waals surface area contributed by atoms with Crippen LogP contribution in [0, 0.1) is 17.8 Å². The first-order chi connectivity index (χ1) is 7.86. The van der Waals surface area contributed by atoms with E-state index in [1.807, 2.05) is 0 Å². The van der Waals surface area contributed by atoms with E-state index in [1.165, 1.54) is 6.92 Å². The molecular weight excluding hydrogens is 222 g/mol. The third kappa shape index (κ3) is 6.94. The molecule has 0 rings (SSSR count). The summed E-state index contributed by atoms with van der Waals surface area (Å²) in [6.07, 6.45) is 0. The van der Waals surface area contributed by atoms with Crippen LogP contribution in [0.5, 0.6) is 0 Å². The average molecular weight is 245 g/mol. The molecule has 2 atom stereocenters. The summed E-state index contributed by atoms with van der Waals surface area (Å²) >= 11 is 0. The predicted molar refractivity (Wildman–Crippen MR) is 64.6 cm³/mol. The van der Waals surface area contributed by atoms with Crippen molar-refractivity contribution in [3.05, 3.63) is 0 Å². The summed E-state index contributed by atoms with van der Waals surface area (Å²) in [5, 5.41) is 11.4. The Balaban J connectivity index is 3.75. The minimum atomic E-state index is -0.955. The van der Waals surface area contributed by atoms with E-state index in [2.05, 4.69) is 19.2 Å². The van der Waals surface area contributed by atoms with Gasteiger partial charge in [-0.05, 0) is 5.92 Å². The lowest BCUT2D eigenvalue weighted by Crippen LogP contribution is -2.36. The van der Waals surface area contributed by atoms with Gasteiger partial charge in [-0.25, -0.2) is 0 Å². The number of aliphatic carboxylic acids is 1. The summed E-state index contributed by atoms with van der Waals surface area (Å²) in [6.45, 7) is 8.78. The minimum absolute atomic E-state index is 0.243. The molecule has 0 aromatic rings. The largest absolute Gasteiger partial charge is 0.481 e. The van der Waals surface area contributed by atoms with E-state index in [-0.39, 0.29) is 5.91 Å². The number of amides is 1. The molecule has 2 unspecified atom stereocenters. The van der Waals surface area contributed by atoms with E-state index in [0.29, 0.717) is 25.7 Å². The zero-order chi connectivity index (χ0) is 13.4. The molecule has 100 valence electrons. The van der Waals surface area contributed by atoms with E-state index in [9.17, 15) is 9.59 Å². The van der Waals surface area contributed by atoms with Gasteiger partial charge in [0.15, 0.2) is 0 Å². The molecule has 0 radical (unpaired) electrons. The number of carboxylic acid groups (broad SMARTS) is 1. The molecular formula is C12H23NO4. The average Bonchev–Trinajstić information content (AvgIpc) is 2.25. The van der Waals surface area contributed by atoms with Crippen molar-refractivity contribution in [1.82, 2.24) is 5.32 Å². The maximum atomic E-state index is 11.6. The number of carbonyl (C=O) groups is 2. The lowest BCUT2D eigenvalue weighted by molar-refractivity contribution is -0.146. The standard InChI is InChI=1S/C12H23NO4/c1-8(2)7-17-6-5-13-11(14)9(3)10(4)12(15)16/h8-10H,5-7H2,1-4H3,(H,13,14)(H,15,16). The van der Waals surface area contributed by atoms with E-state index in [1.54, 1.807) is 6.92 Å². The number of carboxylic acids is 1. The van der Waals surface area contributed by atoms with Crippen molar-refractivity contribution in [2.24, 2.45) is 17.8 Å². The highest BCUT2D eigenvalue weighted by molar-refractivity contribution is 5.84. The second-order valence-electron chi connectivity index (χ2n) is 4.68. The van der Waals surface area contributed by atoms with E-state index >= 15 is 0 Å². The monoisotopic (exact) mass is 245 g/mol. The second kappa shape index (κ2) is 8.06. The maximum absolute atomic E-state index is 11.6. The molecule has 0 aliphatic rings. The van der Waals surface area contributed by atoms with Crippen LogP contribution in [0.25, 0.3) is 0 Å². The Morgan fingerprint density at radius 3 is 2.24 bits per heavy atom. The van der Waals surface area contributed by atoms with E-state index in [0.717, 1.165) is 0 Å². The number of nitrogens with one attached hydrogen (secondary N) is 1. The van der Waals surface area contributed by atoms with Gasteiger partial charge in [0.05, 0.1) is 12.5 Å².